The number of hydrogen-bond acceptors (Lipinski definition) is 5. The molecule has 0 radical (unpaired) electrons. The monoisotopic (exact) mass is 343 g/mol. The smallest absolute Gasteiger partial charge is 0.0547 e. The standard InChI is InChI=1S/C19H29N5O/c1-3-24-13-17(11-20-24)12-22-8-9-23(19(15-22)7-10-25)14-18-6-4-5-16(2)21-18/h4-6,11,13,19,25H,3,7-10,12,14-15H2,1-2H3. The molecule has 1 aliphatic rings. The van der Waals surface area contributed by atoms with E-state index in [4.69, 9.17) is 0 Å². The number of rotatable bonds is 7. The number of hydrogen-bond donors (Lipinski definition) is 1. The predicted octanol–water partition coefficient (Wildman–Crippen LogP) is 1.68. The molecule has 0 amide bonds. The van der Waals surface area contributed by atoms with Crippen molar-refractivity contribution < 1.29 is 5.11 Å². The van der Waals surface area contributed by atoms with Gasteiger partial charge in [0.2, 0.25) is 0 Å². The maximum Gasteiger partial charge on any atom is 0.0547 e. The molecule has 0 aliphatic carbocycles. The van der Waals surface area contributed by atoms with Gasteiger partial charge in [-0.1, -0.05) is 6.07 Å². The Bertz CT molecular complexity index is 671. The summed E-state index contributed by atoms with van der Waals surface area (Å²) in [6.07, 6.45) is 4.90. The zero-order chi connectivity index (χ0) is 17.6. The lowest BCUT2D eigenvalue weighted by Crippen LogP contribution is -2.52. The van der Waals surface area contributed by atoms with Gasteiger partial charge in [0.05, 0.1) is 11.9 Å². The SMILES string of the molecule is CCn1cc(CN2CCN(Cc3cccc(C)n3)C(CCO)C2)cn1. The van der Waals surface area contributed by atoms with E-state index in [1.165, 1.54) is 5.56 Å². The highest BCUT2D eigenvalue weighted by Gasteiger charge is 2.27. The van der Waals surface area contributed by atoms with Gasteiger partial charge in [0, 0.05) is 69.4 Å². The van der Waals surface area contributed by atoms with Crippen LogP contribution in [0.25, 0.3) is 0 Å². The minimum absolute atomic E-state index is 0.226. The van der Waals surface area contributed by atoms with E-state index in [0.29, 0.717) is 6.04 Å². The van der Waals surface area contributed by atoms with Crippen molar-refractivity contribution in [2.24, 2.45) is 0 Å². The quantitative estimate of drug-likeness (QED) is 0.829. The van der Waals surface area contributed by atoms with Crippen LogP contribution in [0.1, 0.15) is 30.3 Å². The Labute approximate surface area is 150 Å². The molecular weight excluding hydrogens is 314 g/mol. The molecule has 0 bridgehead atoms. The first kappa shape index (κ1) is 18.0. The normalized spacial score (nSPS) is 19.4. The number of piperazine rings is 1. The van der Waals surface area contributed by atoms with Crippen LogP contribution in [0.2, 0.25) is 0 Å². The van der Waals surface area contributed by atoms with Gasteiger partial charge in [-0.2, -0.15) is 5.10 Å². The fourth-order valence-electron chi connectivity index (χ4n) is 3.55. The summed E-state index contributed by atoms with van der Waals surface area (Å²) >= 11 is 0. The summed E-state index contributed by atoms with van der Waals surface area (Å²) in [4.78, 5) is 9.56. The van der Waals surface area contributed by atoms with Crippen LogP contribution in [0.5, 0.6) is 0 Å². The Kier molecular flexibility index (Phi) is 6.18. The number of aromatic nitrogens is 3. The molecule has 1 fully saturated rings. The van der Waals surface area contributed by atoms with Crippen LogP contribution in [-0.4, -0.2) is 62.0 Å². The average Bonchev–Trinajstić information content (AvgIpc) is 3.05. The van der Waals surface area contributed by atoms with Crippen LogP contribution in [0.4, 0.5) is 0 Å². The van der Waals surface area contributed by atoms with Crippen LogP contribution in [-0.2, 0) is 19.6 Å². The maximum atomic E-state index is 9.48. The first-order valence-electron chi connectivity index (χ1n) is 9.19. The molecular formula is C19H29N5O. The molecule has 3 rings (SSSR count). The molecule has 3 heterocycles. The van der Waals surface area contributed by atoms with Crippen LogP contribution >= 0.6 is 0 Å². The summed E-state index contributed by atoms with van der Waals surface area (Å²) in [6, 6.07) is 6.56. The average molecular weight is 343 g/mol. The molecule has 0 spiro atoms. The lowest BCUT2D eigenvalue weighted by atomic mass is 10.1. The molecule has 0 aromatic carbocycles. The van der Waals surface area contributed by atoms with Crippen molar-refractivity contribution >= 4 is 0 Å². The first-order chi connectivity index (χ1) is 12.2. The van der Waals surface area contributed by atoms with Gasteiger partial charge in [0.15, 0.2) is 0 Å². The third-order valence-corrected chi connectivity index (χ3v) is 4.88. The van der Waals surface area contributed by atoms with E-state index >= 15 is 0 Å². The summed E-state index contributed by atoms with van der Waals surface area (Å²) in [7, 11) is 0. The highest BCUT2D eigenvalue weighted by atomic mass is 16.3. The molecule has 1 atom stereocenters. The second kappa shape index (κ2) is 8.56. The highest BCUT2D eigenvalue weighted by molar-refractivity contribution is 5.10. The zero-order valence-corrected chi connectivity index (χ0v) is 15.3. The Morgan fingerprint density at radius 1 is 1.24 bits per heavy atom. The Hall–Kier alpha value is -1.76. The van der Waals surface area contributed by atoms with Crippen molar-refractivity contribution in [3.63, 3.8) is 0 Å². The number of aryl methyl sites for hydroxylation is 2. The van der Waals surface area contributed by atoms with Gasteiger partial charge in [-0.05, 0) is 32.4 Å². The van der Waals surface area contributed by atoms with Gasteiger partial charge in [-0.3, -0.25) is 19.5 Å². The summed E-state index contributed by atoms with van der Waals surface area (Å²) in [6.45, 7) is 10.1. The second-order valence-corrected chi connectivity index (χ2v) is 6.85. The predicted molar refractivity (Wildman–Crippen MR) is 98.1 cm³/mol. The molecule has 6 nitrogen and oxygen atoms in total. The molecule has 6 heteroatoms. The number of pyridine rings is 1. The van der Waals surface area contributed by atoms with Crippen molar-refractivity contribution in [1.29, 1.82) is 0 Å². The molecule has 2 aromatic rings. The van der Waals surface area contributed by atoms with E-state index in [9.17, 15) is 5.11 Å². The van der Waals surface area contributed by atoms with Crippen LogP contribution in [0.3, 0.4) is 0 Å². The second-order valence-electron chi connectivity index (χ2n) is 6.85. The fourth-order valence-corrected chi connectivity index (χ4v) is 3.55. The third kappa shape index (κ3) is 4.87. The Morgan fingerprint density at radius 3 is 2.84 bits per heavy atom. The van der Waals surface area contributed by atoms with Crippen molar-refractivity contribution in [2.75, 3.05) is 26.2 Å². The van der Waals surface area contributed by atoms with Gasteiger partial charge >= 0.3 is 0 Å². The van der Waals surface area contributed by atoms with Crippen molar-refractivity contribution in [3.8, 4) is 0 Å². The zero-order valence-electron chi connectivity index (χ0n) is 15.3. The van der Waals surface area contributed by atoms with E-state index in [1.54, 1.807) is 0 Å². The topological polar surface area (TPSA) is 57.4 Å². The van der Waals surface area contributed by atoms with Crippen LogP contribution in [0, 0.1) is 6.92 Å². The minimum Gasteiger partial charge on any atom is -0.396 e. The number of aliphatic hydroxyl groups is 1. The fraction of sp³-hybridized carbons (Fsp3) is 0.579. The minimum atomic E-state index is 0.226. The molecule has 0 saturated carbocycles. The van der Waals surface area contributed by atoms with Gasteiger partial charge in [0.25, 0.3) is 0 Å². The molecule has 2 aromatic heterocycles. The van der Waals surface area contributed by atoms with Gasteiger partial charge in [0.1, 0.15) is 0 Å². The summed E-state index contributed by atoms with van der Waals surface area (Å²) < 4.78 is 1.97. The summed E-state index contributed by atoms with van der Waals surface area (Å²) in [5.74, 6) is 0. The summed E-state index contributed by atoms with van der Waals surface area (Å²) in [5, 5.41) is 13.8. The van der Waals surface area contributed by atoms with Crippen molar-refractivity contribution in [3.05, 3.63) is 47.5 Å². The number of aliphatic hydroxyl groups excluding tert-OH is 1. The molecule has 1 aliphatic heterocycles. The molecule has 1 unspecified atom stereocenters. The van der Waals surface area contributed by atoms with E-state index in [0.717, 1.165) is 57.1 Å². The van der Waals surface area contributed by atoms with Gasteiger partial charge in [-0.15, -0.1) is 0 Å². The molecule has 25 heavy (non-hydrogen) atoms. The van der Waals surface area contributed by atoms with E-state index in [2.05, 4.69) is 45.1 Å². The van der Waals surface area contributed by atoms with Crippen LogP contribution < -0.4 is 0 Å². The first-order valence-corrected chi connectivity index (χ1v) is 9.19. The Balaban J connectivity index is 1.61. The van der Waals surface area contributed by atoms with E-state index in [1.807, 2.05) is 23.9 Å². The molecule has 1 saturated heterocycles. The van der Waals surface area contributed by atoms with E-state index < -0.39 is 0 Å². The van der Waals surface area contributed by atoms with E-state index in [-0.39, 0.29) is 6.61 Å². The van der Waals surface area contributed by atoms with Crippen LogP contribution in [0.15, 0.2) is 30.6 Å². The van der Waals surface area contributed by atoms with Gasteiger partial charge < -0.3 is 5.11 Å². The Morgan fingerprint density at radius 2 is 2.12 bits per heavy atom. The lowest BCUT2D eigenvalue weighted by Gasteiger charge is -2.41. The maximum absolute atomic E-state index is 9.48. The highest BCUT2D eigenvalue weighted by Crippen LogP contribution is 2.18. The largest absolute Gasteiger partial charge is 0.396 e. The number of nitrogens with zero attached hydrogens (tertiary/aromatic N) is 5. The lowest BCUT2D eigenvalue weighted by molar-refractivity contribution is 0.0491. The summed E-state index contributed by atoms with van der Waals surface area (Å²) in [5.41, 5.74) is 3.43. The molecule has 136 valence electrons. The molecule has 1 N–H and O–H groups in total. The van der Waals surface area contributed by atoms with Gasteiger partial charge in [-0.25, -0.2) is 0 Å². The van der Waals surface area contributed by atoms with Crippen molar-refractivity contribution in [2.45, 2.75) is 45.9 Å². The van der Waals surface area contributed by atoms with Crippen molar-refractivity contribution in [1.82, 2.24) is 24.6 Å². The third-order valence-electron chi connectivity index (χ3n) is 4.88.